The van der Waals surface area contributed by atoms with Gasteiger partial charge in [-0.15, -0.1) is 0 Å². The van der Waals surface area contributed by atoms with E-state index < -0.39 is 5.60 Å². The van der Waals surface area contributed by atoms with Gasteiger partial charge in [-0.05, 0) is 18.2 Å². The lowest BCUT2D eigenvalue weighted by Crippen LogP contribution is -2.34. The zero-order valence-electron chi connectivity index (χ0n) is 12.0. The standard InChI is InChI=1S/C17H14N2O3/c1-21-12-6-4-5-11(9-12)15-10-17(22-19-15)13-7-2-3-8-14(13)18-16(17)20/h2-9H,10H2,1H3,(H,18,20)/t17-/m1/s1. The van der Waals surface area contributed by atoms with E-state index in [-0.39, 0.29) is 5.91 Å². The number of hydrogen-bond acceptors (Lipinski definition) is 4. The van der Waals surface area contributed by atoms with E-state index >= 15 is 0 Å². The Kier molecular flexibility index (Phi) is 2.69. The lowest BCUT2D eigenvalue weighted by Gasteiger charge is -2.18. The molecule has 1 amide bonds. The van der Waals surface area contributed by atoms with Gasteiger partial charge in [0.25, 0.3) is 5.91 Å². The van der Waals surface area contributed by atoms with Crippen LogP contribution in [0.2, 0.25) is 0 Å². The molecule has 0 aromatic heterocycles. The number of anilines is 1. The molecule has 0 aliphatic carbocycles. The second kappa shape index (κ2) is 4.59. The lowest BCUT2D eigenvalue weighted by atomic mass is 9.88. The van der Waals surface area contributed by atoms with Gasteiger partial charge in [-0.2, -0.15) is 0 Å². The fourth-order valence-corrected chi connectivity index (χ4v) is 2.95. The van der Waals surface area contributed by atoms with E-state index in [0.29, 0.717) is 6.42 Å². The smallest absolute Gasteiger partial charge is 0.276 e. The fraction of sp³-hybridized carbons (Fsp3) is 0.176. The number of ether oxygens (including phenoxy) is 1. The largest absolute Gasteiger partial charge is 0.497 e. The summed E-state index contributed by atoms with van der Waals surface area (Å²) in [5, 5.41) is 7.03. The quantitative estimate of drug-likeness (QED) is 0.926. The summed E-state index contributed by atoms with van der Waals surface area (Å²) in [7, 11) is 1.62. The Balaban J connectivity index is 1.71. The molecular formula is C17H14N2O3. The lowest BCUT2D eigenvalue weighted by molar-refractivity contribution is -0.137. The third kappa shape index (κ3) is 1.72. The van der Waals surface area contributed by atoms with Gasteiger partial charge in [0.1, 0.15) is 5.75 Å². The van der Waals surface area contributed by atoms with Crippen LogP contribution in [-0.2, 0) is 15.2 Å². The molecule has 1 atom stereocenters. The van der Waals surface area contributed by atoms with Gasteiger partial charge in [-0.3, -0.25) is 4.79 Å². The number of oxime groups is 1. The Morgan fingerprint density at radius 3 is 2.95 bits per heavy atom. The summed E-state index contributed by atoms with van der Waals surface area (Å²) in [5.41, 5.74) is 2.21. The van der Waals surface area contributed by atoms with E-state index in [1.165, 1.54) is 0 Å². The molecule has 0 radical (unpaired) electrons. The molecule has 0 saturated carbocycles. The number of fused-ring (bicyclic) bond motifs is 2. The highest BCUT2D eigenvalue weighted by Gasteiger charge is 2.53. The first-order valence-corrected chi connectivity index (χ1v) is 7.03. The molecule has 0 bridgehead atoms. The Morgan fingerprint density at radius 2 is 2.09 bits per heavy atom. The van der Waals surface area contributed by atoms with Gasteiger partial charge in [-0.1, -0.05) is 35.5 Å². The molecule has 1 N–H and O–H groups in total. The van der Waals surface area contributed by atoms with Crippen LogP contribution in [0.15, 0.2) is 53.7 Å². The van der Waals surface area contributed by atoms with Gasteiger partial charge < -0.3 is 14.9 Å². The summed E-state index contributed by atoms with van der Waals surface area (Å²) in [6.45, 7) is 0. The molecular weight excluding hydrogens is 280 g/mol. The molecule has 0 saturated heterocycles. The first-order valence-electron chi connectivity index (χ1n) is 7.03. The van der Waals surface area contributed by atoms with Crippen LogP contribution in [0.4, 0.5) is 5.69 Å². The average Bonchev–Trinajstić information content (AvgIpc) is 3.12. The topological polar surface area (TPSA) is 59.9 Å². The van der Waals surface area contributed by atoms with E-state index in [2.05, 4.69) is 10.5 Å². The highest BCUT2D eigenvalue weighted by atomic mass is 16.7. The van der Waals surface area contributed by atoms with E-state index in [1.54, 1.807) is 7.11 Å². The first kappa shape index (κ1) is 12.9. The van der Waals surface area contributed by atoms with Gasteiger partial charge in [0.05, 0.1) is 19.2 Å². The average molecular weight is 294 g/mol. The van der Waals surface area contributed by atoms with Gasteiger partial charge in [0.2, 0.25) is 5.60 Å². The molecule has 4 rings (SSSR count). The Bertz CT molecular complexity index is 800. The number of hydrogen-bond donors (Lipinski definition) is 1. The zero-order valence-corrected chi connectivity index (χ0v) is 12.0. The number of rotatable bonds is 2. The van der Waals surface area contributed by atoms with Crippen molar-refractivity contribution in [3.8, 4) is 5.75 Å². The van der Waals surface area contributed by atoms with Crippen LogP contribution in [0.3, 0.4) is 0 Å². The number of carbonyl (C=O) groups excluding carboxylic acids is 1. The van der Waals surface area contributed by atoms with Gasteiger partial charge in [0.15, 0.2) is 0 Å². The Hall–Kier alpha value is -2.82. The Morgan fingerprint density at radius 1 is 1.23 bits per heavy atom. The summed E-state index contributed by atoms with van der Waals surface area (Å²) in [6.07, 6.45) is 0.406. The number of methoxy groups -OCH3 is 1. The van der Waals surface area contributed by atoms with E-state index in [0.717, 1.165) is 28.3 Å². The second-order valence-corrected chi connectivity index (χ2v) is 5.36. The number of para-hydroxylation sites is 1. The summed E-state index contributed by atoms with van der Waals surface area (Å²) in [6, 6.07) is 15.1. The minimum atomic E-state index is -1.05. The van der Waals surface area contributed by atoms with E-state index in [4.69, 9.17) is 9.57 Å². The molecule has 22 heavy (non-hydrogen) atoms. The number of carbonyl (C=O) groups is 1. The van der Waals surface area contributed by atoms with Crippen molar-refractivity contribution in [2.24, 2.45) is 5.16 Å². The van der Waals surface area contributed by atoms with Crippen LogP contribution in [0.5, 0.6) is 5.75 Å². The summed E-state index contributed by atoms with van der Waals surface area (Å²) >= 11 is 0. The number of nitrogens with one attached hydrogen (secondary N) is 1. The van der Waals surface area contributed by atoms with Crippen molar-refractivity contribution < 1.29 is 14.4 Å². The molecule has 110 valence electrons. The highest BCUT2D eigenvalue weighted by molar-refractivity contribution is 6.12. The summed E-state index contributed by atoms with van der Waals surface area (Å²) in [5.74, 6) is 0.577. The minimum Gasteiger partial charge on any atom is -0.497 e. The van der Waals surface area contributed by atoms with Crippen molar-refractivity contribution >= 4 is 17.3 Å². The third-order valence-electron chi connectivity index (χ3n) is 4.11. The van der Waals surface area contributed by atoms with Crippen molar-refractivity contribution in [3.63, 3.8) is 0 Å². The fourth-order valence-electron chi connectivity index (χ4n) is 2.95. The molecule has 2 heterocycles. The van der Waals surface area contributed by atoms with Crippen molar-refractivity contribution in [1.29, 1.82) is 0 Å². The van der Waals surface area contributed by atoms with Crippen LogP contribution in [0, 0.1) is 0 Å². The summed E-state index contributed by atoms with van der Waals surface area (Å²) in [4.78, 5) is 18.0. The van der Waals surface area contributed by atoms with Gasteiger partial charge in [0, 0.05) is 16.8 Å². The van der Waals surface area contributed by atoms with Crippen LogP contribution in [-0.4, -0.2) is 18.7 Å². The number of benzene rings is 2. The van der Waals surface area contributed by atoms with Crippen LogP contribution in [0.25, 0.3) is 0 Å². The molecule has 2 aromatic rings. The van der Waals surface area contributed by atoms with Crippen molar-refractivity contribution in [3.05, 3.63) is 59.7 Å². The molecule has 2 aliphatic rings. The maximum Gasteiger partial charge on any atom is 0.276 e. The van der Waals surface area contributed by atoms with Gasteiger partial charge in [-0.25, -0.2) is 0 Å². The molecule has 5 heteroatoms. The molecule has 5 nitrogen and oxygen atoms in total. The SMILES string of the molecule is COc1cccc(C2=NO[C@@]3(C2)C(=O)Nc2ccccc23)c1. The number of nitrogens with zero attached hydrogens (tertiary/aromatic N) is 1. The maximum absolute atomic E-state index is 12.4. The van der Waals surface area contributed by atoms with E-state index in [1.807, 2.05) is 48.5 Å². The molecule has 0 unspecified atom stereocenters. The van der Waals surface area contributed by atoms with Crippen LogP contribution in [0.1, 0.15) is 17.5 Å². The first-order chi connectivity index (χ1) is 10.7. The zero-order chi connectivity index (χ0) is 15.2. The predicted molar refractivity (Wildman–Crippen MR) is 82.0 cm³/mol. The van der Waals surface area contributed by atoms with Crippen LogP contribution < -0.4 is 10.1 Å². The van der Waals surface area contributed by atoms with Crippen molar-refractivity contribution in [2.75, 3.05) is 12.4 Å². The van der Waals surface area contributed by atoms with Crippen molar-refractivity contribution in [1.82, 2.24) is 0 Å². The number of amides is 1. The van der Waals surface area contributed by atoms with Crippen molar-refractivity contribution in [2.45, 2.75) is 12.0 Å². The Labute approximate surface area is 127 Å². The molecule has 2 aromatic carbocycles. The second-order valence-electron chi connectivity index (χ2n) is 5.36. The van der Waals surface area contributed by atoms with Crippen LogP contribution >= 0.6 is 0 Å². The highest BCUT2D eigenvalue weighted by Crippen LogP contribution is 2.45. The van der Waals surface area contributed by atoms with E-state index in [9.17, 15) is 4.79 Å². The minimum absolute atomic E-state index is 0.171. The molecule has 1 spiro atoms. The predicted octanol–water partition coefficient (Wildman–Crippen LogP) is 2.67. The third-order valence-corrected chi connectivity index (χ3v) is 4.11. The maximum atomic E-state index is 12.4. The normalized spacial score (nSPS) is 22.0. The monoisotopic (exact) mass is 294 g/mol. The summed E-state index contributed by atoms with van der Waals surface area (Å²) < 4.78 is 5.23. The molecule has 2 aliphatic heterocycles. The van der Waals surface area contributed by atoms with Gasteiger partial charge >= 0.3 is 0 Å². The molecule has 0 fully saturated rings.